The van der Waals surface area contributed by atoms with E-state index < -0.39 is 5.69 Å². The third kappa shape index (κ3) is 2.51. The van der Waals surface area contributed by atoms with E-state index in [4.69, 9.17) is 0 Å². The largest absolute Gasteiger partial charge is 0.332 e. The molecule has 124 valence electrons. The zero-order valence-corrected chi connectivity index (χ0v) is 13.7. The molecule has 1 N–H and O–H groups in total. The highest BCUT2D eigenvalue weighted by atomic mass is 16.2. The van der Waals surface area contributed by atoms with E-state index in [1.54, 1.807) is 17.8 Å². The fourth-order valence-corrected chi connectivity index (χ4v) is 2.54. The molecule has 8 nitrogen and oxygen atoms in total. The Labute approximate surface area is 137 Å². The van der Waals surface area contributed by atoms with Crippen molar-refractivity contribution in [2.75, 3.05) is 5.43 Å². The Morgan fingerprint density at radius 3 is 2.54 bits per heavy atom. The average molecular weight is 326 g/mol. The summed E-state index contributed by atoms with van der Waals surface area (Å²) in [6.07, 6.45) is 1.66. The number of hydrogen-bond donors (Lipinski definition) is 1. The fourth-order valence-electron chi connectivity index (χ4n) is 2.54. The minimum atomic E-state index is -0.410. The molecule has 0 spiro atoms. The molecule has 0 saturated heterocycles. The highest BCUT2D eigenvalue weighted by Crippen LogP contribution is 2.15. The summed E-state index contributed by atoms with van der Waals surface area (Å²) in [6, 6.07) is 9.61. The lowest BCUT2D eigenvalue weighted by atomic mass is 10.2. The summed E-state index contributed by atoms with van der Waals surface area (Å²) in [5.41, 5.74) is 3.72. The number of nitrogens with one attached hydrogen (secondary N) is 1. The monoisotopic (exact) mass is 326 g/mol. The molecule has 2 heterocycles. The van der Waals surface area contributed by atoms with Crippen LogP contribution in [0.25, 0.3) is 11.2 Å². The van der Waals surface area contributed by atoms with E-state index in [1.807, 2.05) is 37.3 Å². The first-order valence-electron chi connectivity index (χ1n) is 7.55. The lowest BCUT2D eigenvalue weighted by Crippen LogP contribution is -2.37. The van der Waals surface area contributed by atoms with Gasteiger partial charge in [-0.15, -0.1) is 0 Å². The zero-order chi connectivity index (χ0) is 17.3. The van der Waals surface area contributed by atoms with Gasteiger partial charge in [0.15, 0.2) is 11.2 Å². The molecule has 3 aromatic rings. The average Bonchev–Trinajstić information content (AvgIpc) is 2.97. The predicted octanol–water partition coefficient (Wildman–Crippen LogP) is 0.900. The van der Waals surface area contributed by atoms with Gasteiger partial charge in [0.2, 0.25) is 5.95 Å². The third-order valence-electron chi connectivity index (χ3n) is 3.84. The van der Waals surface area contributed by atoms with Crippen LogP contribution >= 0.6 is 0 Å². The second-order valence-electron chi connectivity index (χ2n) is 5.34. The number of fused-ring (bicyclic) bond motifs is 1. The molecule has 0 amide bonds. The van der Waals surface area contributed by atoms with Crippen LogP contribution in [-0.4, -0.2) is 24.9 Å². The lowest BCUT2D eigenvalue weighted by Gasteiger charge is -2.05. The molecule has 0 aliphatic rings. The van der Waals surface area contributed by atoms with Crippen LogP contribution in [0.4, 0.5) is 5.95 Å². The maximum absolute atomic E-state index is 12.4. The molecule has 0 aliphatic carbocycles. The first-order chi connectivity index (χ1) is 11.5. The molecular weight excluding hydrogens is 308 g/mol. The van der Waals surface area contributed by atoms with Gasteiger partial charge in [-0.2, -0.15) is 10.1 Å². The van der Waals surface area contributed by atoms with E-state index in [9.17, 15) is 9.59 Å². The second kappa shape index (κ2) is 6.15. The summed E-state index contributed by atoms with van der Waals surface area (Å²) >= 11 is 0. The van der Waals surface area contributed by atoms with Gasteiger partial charge in [0.25, 0.3) is 5.56 Å². The van der Waals surface area contributed by atoms with Crippen molar-refractivity contribution < 1.29 is 0 Å². The number of rotatable bonds is 4. The van der Waals surface area contributed by atoms with Crippen LogP contribution in [0.1, 0.15) is 12.5 Å². The summed E-state index contributed by atoms with van der Waals surface area (Å²) in [5.74, 6) is 0.415. The summed E-state index contributed by atoms with van der Waals surface area (Å²) in [5, 5.41) is 4.17. The molecule has 3 rings (SSSR count). The van der Waals surface area contributed by atoms with Crippen LogP contribution in [0.2, 0.25) is 0 Å². The van der Waals surface area contributed by atoms with Gasteiger partial charge < -0.3 is 4.57 Å². The van der Waals surface area contributed by atoms with Gasteiger partial charge in [0.05, 0.1) is 6.21 Å². The molecular formula is C16H18N6O2. The number of benzene rings is 1. The van der Waals surface area contributed by atoms with Crippen molar-refractivity contribution in [2.24, 2.45) is 19.2 Å². The SMILES string of the molecule is CCn1c(NN=Cc2ccccc2)nc2c1c(=O)n(C)c(=O)n2C. The van der Waals surface area contributed by atoms with E-state index in [0.717, 1.165) is 10.1 Å². The third-order valence-corrected chi connectivity index (χ3v) is 3.84. The van der Waals surface area contributed by atoms with E-state index in [2.05, 4.69) is 15.5 Å². The van der Waals surface area contributed by atoms with Crippen LogP contribution in [0.3, 0.4) is 0 Å². The quantitative estimate of drug-likeness (QED) is 0.570. The number of anilines is 1. The molecule has 0 bridgehead atoms. The van der Waals surface area contributed by atoms with E-state index >= 15 is 0 Å². The summed E-state index contributed by atoms with van der Waals surface area (Å²) < 4.78 is 4.14. The van der Waals surface area contributed by atoms with Gasteiger partial charge >= 0.3 is 5.69 Å². The van der Waals surface area contributed by atoms with Crippen molar-refractivity contribution in [3.05, 3.63) is 56.7 Å². The summed E-state index contributed by atoms with van der Waals surface area (Å²) in [6.45, 7) is 2.42. The molecule has 0 fully saturated rings. The second-order valence-corrected chi connectivity index (χ2v) is 5.34. The normalized spacial score (nSPS) is 11.5. The number of hydrazone groups is 1. The van der Waals surface area contributed by atoms with Crippen molar-refractivity contribution in [3.63, 3.8) is 0 Å². The molecule has 0 unspecified atom stereocenters. The molecule has 0 radical (unpaired) electrons. The van der Waals surface area contributed by atoms with Crippen molar-refractivity contribution in [2.45, 2.75) is 13.5 Å². The van der Waals surface area contributed by atoms with Crippen molar-refractivity contribution in [1.82, 2.24) is 18.7 Å². The van der Waals surface area contributed by atoms with Crippen LogP contribution in [0.5, 0.6) is 0 Å². The van der Waals surface area contributed by atoms with Crippen LogP contribution in [0, 0.1) is 0 Å². The topological polar surface area (TPSA) is 86.2 Å². The Bertz CT molecular complexity index is 1030. The molecule has 8 heteroatoms. The van der Waals surface area contributed by atoms with E-state index in [-0.39, 0.29) is 5.56 Å². The predicted molar refractivity (Wildman–Crippen MR) is 93.5 cm³/mol. The number of imidazole rings is 1. The Hall–Kier alpha value is -3.16. The highest BCUT2D eigenvalue weighted by molar-refractivity contribution is 5.80. The number of aromatic nitrogens is 4. The van der Waals surface area contributed by atoms with Gasteiger partial charge in [0, 0.05) is 20.6 Å². The Kier molecular flexibility index (Phi) is 4.03. The van der Waals surface area contributed by atoms with Crippen LogP contribution in [0.15, 0.2) is 45.0 Å². The smallest absolute Gasteiger partial charge is 0.303 e. The van der Waals surface area contributed by atoms with E-state index in [0.29, 0.717) is 23.7 Å². The zero-order valence-electron chi connectivity index (χ0n) is 13.7. The fraction of sp³-hybridized carbons (Fsp3) is 0.250. The maximum atomic E-state index is 12.4. The highest BCUT2D eigenvalue weighted by Gasteiger charge is 2.17. The molecule has 0 atom stereocenters. The van der Waals surface area contributed by atoms with Gasteiger partial charge in [-0.05, 0) is 12.5 Å². The lowest BCUT2D eigenvalue weighted by molar-refractivity contribution is 0.700. The first-order valence-corrected chi connectivity index (χ1v) is 7.55. The Morgan fingerprint density at radius 1 is 1.17 bits per heavy atom. The minimum absolute atomic E-state index is 0.336. The molecule has 1 aromatic carbocycles. The van der Waals surface area contributed by atoms with Crippen molar-refractivity contribution in [1.29, 1.82) is 0 Å². The van der Waals surface area contributed by atoms with Crippen LogP contribution in [-0.2, 0) is 20.6 Å². The first kappa shape index (κ1) is 15.7. The van der Waals surface area contributed by atoms with E-state index in [1.165, 1.54) is 11.6 Å². The van der Waals surface area contributed by atoms with Gasteiger partial charge in [0.1, 0.15) is 0 Å². The molecule has 2 aromatic heterocycles. The Balaban J connectivity index is 2.08. The summed E-state index contributed by atoms with van der Waals surface area (Å²) in [4.78, 5) is 28.8. The number of nitrogens with zero attached hydrogens (tertiary/aromatic N) is 5. The van der Waals surface area contributed by atoms with Crippen LogP contribution < -0.4 is 16.7 Å². The molecule has 0 saturated carbocycles. The minimum Gasteiger partial charge on any atom is -0.303 e. The van der Waals surface area contributed by atoms with Crippen molar-refractivity contribution in [3.8, 4) is 0 Å². The number of aryl methyl sites for hydroxylation is 2. The maximum Gasteiger partial charge on any atom is 0.332 e. The number of hydrogen-bond acceptors (Lipinski definition) is 5. The summed E-state index contributed by atoms with van der Waals surface area (Å²) in [7, 11) is 3.05. The molecule has 24 heavy (non-hydrogen) atoms. The standard InChI is InChI=1S/C16H18N6O2/c1-4-22-12-13(20(2)16(24)21(3)14(12)23)18-15(22)19-17-10-11-8-6-5-7-9-11/h5-10H,4H2,1-3H3,(H,18,19). The van der Waals surface area contributed by atoms with Crippen molar-refractivity contribution >= 4 is 23.3 Å². The molecule has 0 aliphatic heterocycles. The van der Waals surface area contributed by atoms with Gasteiger partial charge in [-0.1, -0.05) is 30.3 Å². The van der Waals surface area contributed by atoms with Gasteiger partial charge in [-0.25, -0.2) is 10.2 Å². The Morgan fingerprint density at radius 2 is 1.88 bits per heavy atom. The van der Waals surface area contributed by atoms with Gasteiger partial charge in [-0.3, -0.25) is 13.9 Å².